The fourth-order valence-corrected chi connectivity index (χ4v) is 2.56. The third-order valence-corrected chi connectivity index (χ3v) is 3.68. The number of para-hydroxylation sites is 1. The Morgan fingerprint density at radius 3 is 2.57 bits per heavy atom. The van der Waals surface area contributed by atoms with Crippen molar-refractivity contribution in [3.05, 3.63) is 70.4 Å². The van der Waals surface area contributed by atoms with E-state index in [-0.39, 0.29) is 18.0 Å². The van der Waals surface area contributed by atoms with Gasteiger partial charge in [0.05, 0.1) is 17.0 Å². The summed E-state index contributed by atoms with van der Waals surface area (Å²) >= 11 is 0. The first-order chi connectivity index (χ1) is 11.0. The molecule has 0 unspecified atom stereocenters. The van der Waals surface area contributed by atoms with Crippen molar-refractivity contribution in [2.24, 2.45) is 7.05 Å². The summed E-state index contributed by atoms with van der Waals surface area (Å²) in [4.78, 5) is 22.4. The molecule has 0 saturated heterocycles. The Hall–Kier alpha value is -3.15. The van der Waals surface area contributed by atoms with Gasteiger partial charge in [0.1, 0.15) is 0 Å². The van der Waals surface area contributed by atoms with Crippen molar-refractivity contribution in [1.82, 2.24) is 4.57 Å². The van der Waals surface area contributed by atoms with E-state index < -0.39 is 4.92 Å². The highest BCUT2D eigenvalue weighted by atomic mass is 16.6. The van der Waals surface area contributed by atoms with E-state index in [0.717, 1.165) is 22.2 Å². The van der Waals surface area contributed by atoms with E-state index in [9.17, 15) is 14.9 Å². The average Bonchev–Trinajstić information content (AvgIpc) is 2.84. The lowest BCUT2D eigenvalue weighted by Gasteiger charge is -2.04. The number of amides is 1. The topological polar surface area (TPSA) is 77.2 Å². The van der Waals surface area contributed by atoms with Gasteiger partial charge in [0.25, 0.3) is 5.69 Å². The Morgan fingerprint density at radius 2 is 1.87 bits per heavy atom. The number of aromatic nitrogens is 1. The number of rotatable bonds is 4. The van der Waals surface area contributed by atoms with Crippen LogP contribution in [0.25, 0.3) is 10.9 Å². The lowest BCUT2D eigenvalue weighted by Crippen LogP contribution is -2.14. The van der Waals surface area contributed by atoms with E-state index in [4.69, 9.17) is 0 Å². The second-order valence-corrected chi connectivity index (χ2v) is 5.32. The summed E-state index contributed by atoms with van der Waals surface area (Å²) in [7, 11) is 1.92. The zero-order chi connectivity index (χ0) is 16.4. The van der Waals surface area contributed by atoms with Gasteiger partial charge in [-0.1, -0.05) is 30.3 Å². The molecule has 6 nitrogen and oxygen atoms in total. The lowest BCUT2D eigenvalue weighted by atomic mass is 10.1. The molecule has 116 valence electrons. The monoisotopic (exact) mass is 309 g/mol. The number of nitrogens with zero attached hydrogens (tertiary/aromatic N) is 2. The standard InChI is InChI=1S/C17H15N3O3/c1-19-11-15(14-4-2-3-5-16(14)19)18-17(21)10-12-6-8-13(9-7-12)20(22)23/h2-9,11H,10H2,1H3,(H,18,21). The van der Waals surface area contributed by atoms with E-state index in [2.05, 4.69) is 5.32 Å². The number of nitro groups is 1. The molecule has 0 saturated carbocycles. The van der Waals surface area contributed by atoms with Crippen LogP contribution < -0.4 is 5.32 Å². The first-order valence-corrected chi connectivity index (χ1v) is 7.12. The van der Waals surface area contributed by atoms with Crippen LogP contribution in [-0.4, -0.2) is 15.4 Å². The van der Waals surface area contributed by atoms with Gasteiger partial charge in [-0.3, -0.25) is 14.9 Å². The molecule has 3 aromatic rings. The van der Waals surface area contributed by atoms with Gasteiger partial charge < -0.3 is 9.88 Å². The van der Waals surface area contributed by atoms with Crippen LogP contribution in [0.5, 0.6) is 0 Å². The van der Waals surface area contributed by atoms with E-state index in [1.54, 1.807) is 12.1 Å². The number of aryl methyl sites for hydroxylation is 1. The highest BCUT2D eigenvalue weighted by molar-refractivity contribution is 6.02. The minimum absolute atomic E-state index is 0.0169. The van der Waals surface area contributed by atoms with Crippen molar-refractivity contribution in [3.63, 3.8) is 0 Å². The zero-order valence-electron chi connectivity index (χ0n) is 12.5. The number of hydrogen-bond acceptors (Lipinski definition) is 3. The zero-order valence-corrected chi connectivity index (χ0v) is 12.5. The number of nitro benzene ring substituents is 1. The minimum atomic E-state index is -0.458. The fraction of sp³-hybridized carbons (Fsp3) is 0.118. The van der Waals surface area contributed by atoms with Crippen LogP contribution in [0.15, 0.2) is 54.7 Å². The maximum atomic E-state index is 12.2. The smallest absolute Gasteiger partial charge is 0.269 e. The molecule has 3 rings (SSSR count). The van der Waals surface area contributed by atoms with Crippen LogP contribution in [0.3, 0.4) is 0 Å². The van der Waals surface area contributed by atoms with Crippen molar-refractivity contribution in [2.45, 2.75) is 6.42 Å². The molecule has 0 aliphatic carbocycles. The first-order valence-electron chi connectivity index (χ1n) is 7.12. The summed E-state index contributed by atoms with van der Waals surface area (Å²) in [5.41, 5.74) is 2.55. The predicted octanol–water partition coefficient (Wildman–Crippen LogP) is 3.27. The molecule has 6 heteroatoms. The molecule has 0 aliphatic heterocycles. The molecule has 1 heterocycles. The summed E-state index contributed by atoms with van der Waals surface area (Å²) in [6, 6.07) is 13.8. The molecule has 0 bridgehead atoms. The summed E-state index contributed by atoms with van der Waals surface area (Å²) in [5, 5.41) is 14.5. The van der Waals surface area contributed by atoms with E-state index in [0.29, 0.717) is 0 Å². The molecule has 0 fully saturated rings. The Kier molecular flexibility index (Phi) is 3.80. The number of carbonyl (C=O) groups excluding carboxylic acids is 1. The third kappa shape index (κ3) is 3.06. The average molecular weight is 309 g/mol. The number of carbonyl (C=O) groups is 1. The number of anilines is 1. The summed E-state index contributed by atoms with van der Waals surface area (Å²) in [6.07, 6.45) is 2.04. The van der Waals surface area contributed by atoms with Crippen molar-refractivity contribution in [1.29, 1.82) is 0 Å². The summed E-state index contributed by atoms with van der Waals surface area (Å²) < 4.78 is 1.96. The van der Waals surface area contributed by atoms with Crippen molar-refractivity contribution in [3.8, 4) is 0 Å². The fourth-order valence-electron chi connectivity index (χ4n) is 2.56. The molecule has 23 heavy (non-hydrogen) atoms. The highest BCUT2D eigenvalue weighted by Crippen LogP contribution is 2.25. The summed E-state index contributed by atoms with van der Waals surface area (Å²) in [5.74, 6) is -0.157. The maximum absolute atomic E-state index is 12.2. The van der Waals surface area contributed by atoms with Gasteiger partial charge in [-0.15, -0.1) is 0 Å². The van der Waals surface area contributed by atoms with Gasteiger partial charge >= 0.3 is 0 Å². The molecule has 2 aromatic carbocycles. The largest absolute Gasteiger partial charge is 0.348 e. The Balaban J connectivity index is 1.75. The highest BCUT2D eigenvalue weighted by Gasteiger charge is 2.11. The van der Waals surface area contributed by atoms with Crippen LogP contribution in [0.4, 0.5) is 11.4 Å². The van der Waals surface area contributed by atoms with E-state index >= 15 is 0 Å². The predicted molar refractivity (Wildman–Crippen MR) is 88.3 cm³/mol. The van der Waals surface area contributed by atoms with Gasteiger partial charge in [0.15, 0.2) is 0 Å². The molecule has 0 spiro atoms. The molecular formula is C17H15N3O3. The molecule has 0 radical (unpaired) electrons. The number of fused-ring (bicyclic) bond motifs is 1. The first kappa shape index (κ1) is 14.8. The van der Waals surface area contributed by atoms with Crippen LogP contribution >= 0.6 is 0 Å². The van der Waals surface area contributed by atoms with Gasteiger partial charge in [-0.05, 0) is 11.6 Å². The van der Waals surface area contributed by atoms with E-state index in [1.807, 2.05) is 42.1 Å². The maximum Gasteiger partial charge on any atom is 0.269 e. The van der Waals surface area contributed by atoms with Gasteiger partial charge in [0, 0.05) is 36.3 Å². The van der Waals surface area contributed by atoms with Gasteiger partial charge in [-0.25, -0.2) is 0 Å². The van der Waals surface area contributed by atoms with Crippen LogP contribution in [-0.2, 0) is 18.3 Å². The molecule has 0 aliphatic rings. The second kappa shape index (κ2) is 5.92. The Morgan fingerprint density at radius 1 is 1.17 bits per heavy atom. The molecule has 0 atom stereocenters. The lowest BCUT2D eigenvalue weighted by molar-refractivity contribution is -0.384. The van der Waals surface area contributed by atoms with Gasteiger partial charge in [0.2, 0.25) is 5.91 Å². The van der Waals surface area contributed by atoms with Crippen molar-refractivity contribution < 1.29 is 9.72 Å². The SMILES string of the molecule is Cn1cc(NC(=O)Cc2ccc([N+](=O)[O-])cc2)c2ccccc21. The molecular weight excluding hydrogens is 294 g/mol. The molecule has 1 aromatic heterocycles. The van der Waals surface area contributed by atoms with Crippen LogP contribution in [0.1, 0.15) is 5.56 Å². The van der Waals surface area contributed by atoms with Crippen molar-refractivity contribution >= 4 is 28.2 Å². The quantitative estimate of drug-likeness (QED) is 0.593. The van der Waals surface area contributed by atoms with Gasteiger partial charge in [-0.2, -0.15) is 0 Å². The van der Waals surface area contributed by atoms with Crippen LogP contribution in [0.2, 0.25) is 0 Å². The molecule has 1 amide bonds. The second-order valence-electron chi connectivity index (χ2n) is 5.32. The normalized spacial score (nSPS) is 10.7. The Labute approximate surface area is 132 Å². The number of non-ortho nitro benzene ring substituents is 1. The van der Waals surface area contributed by atoms with Crippen molar-refractivity contribution in [2.75, 3.05) is 5.32 Å². The Bertz CT molecular complexity index is 882. The third-order valence-electron chi connectivity index (χ3n) is 3.68. The number of nitrogens with one attached hydrogen (secondary N) is 1. The van der Waals surface area contributed by atoms with Crippen LogP contribution in [0, 0.1) is 10.1 Å². The number of benzene rings is 2. The van der Waals surface area contributed by atoms with E-state index in [1.165, 1.54) is 12.1 Å². The molecule has 1 N–H and O–H groups in total. The minimum Gasteiger partial charge on any atom is -0.348 e. The number of hydrogen-bond donors (Lipinski definition) is 1. The summed E-state index contributed by atoms with van der Waals surface area (Å²) in [6.45, 7) is 0.